The van der Waals surface area contributed by atoms with Gasteiger partial charge in [-0.2, -0.15) is 0 Å². The van der Waals surface area contributed by atoms with E-state index < -0.39 is 5.97 Å². The number of ether oxygens (including phenoxy) is 1. The average Bonchev–Trinajstić information content (AvgIpc) is 2.36. The maximum absolute atomic E-state index is 11.0. The first-order valence-electron chi connectivity index (χ1n) is 6.18. The predicted molar refractivity (Wildman–Crippen MR) is 65.5 cm³/mol. The van der Waals surface area contributed by atoms with Gasteiger partial charge in [0.25, 0.3) is 0 Å². The fourth-order valence-electron chi connectivity index (χ4n) is 2.37. The van der Waals surface area contributed by atoms with Crippen LogP contribution in [0.15, 0.2) is 0 Å². The van der Waals surface area contributed by atoms with Crippen molar-refractivity contribution in [2.45, 2.75) is 32.6 Å². The number of hydrogen-bond acceptors (Lipinski definition) is 4. The Morgan fingerprint density at radius 1 is 1.50 bits per heavy atom. The number of rotatable bonds is 4. The lowest BCUT2D eigenvalue weighted by molar-refractivity contribution is -0.142. The standard InChI is InChI=1S/C13H18N2O3/c1-8-10-7-9(13(16)17)3-4-11(10)15-12(14-8)5-6-18-2/h9H,3-7H2,1-2H3,(H,16,17). The molecule has 0 radical (unpaired) electrons. The van der Waals surface area contributed by atoms with Crippen molar-refractivity contribution in [3.05, 3.63) is 22.8 Å². The third-order valence-corrected chi connectivity index (χ3v) is 3.41. The minimum absolute atomic E-state index is 0.287. The van der Waals surface area contributed by atoms with Gasteiger partial charge in [-0.15, -0.1) is 0 Å². The number of methoxy groups -OCH3 is 1. The molecule has 0 saturated carbocycles. The van der Waals surface area contributed by atoms with E-state index in [4.69, 9.17) is 9.84 Å². The molecule has 1 heterocycles. The number of hydrogen-bond donors (Lipinski definition) is 1. The van der Waals surface area contributed by atoms with Crippen molar-refractivity contribution < 1.29 is 14.6 Å². The Balaban J connectivity index is 2.22. The first-order chi connectivity index (χ1) is 8.61. The van der Waals surface area contributed by atoms with Crippen LogP contribution in [0.2, 0.25) is 0 Å². The lowest BCUT2D eigenvalue weighted by atomic mass is 9.86. The van der Waals surface area contributed by atoms with E-state index in [0.29, 0.717) is 25.9 Å². The Hall–Kier alpha value is -1.49. The van der Waals surface area contributed by atoms with Gasteiger partial charge in [-0.05, 0) is 31.7 Å². The maximum Gasteiger partial charge on any atom is 0.306 e. The highest BCUT2D eigenvalue weighted by Gasteiger charge is 2.27. The molecule has 2 rings (SSSR count). The van der Waals surface area contributed by atoms with Crippen molar-refractivity contribution in [3.63, 3.8) is 0 Å². The van der Waals surface area contributed by atoms with Crippen LogP contribution in [0.1, 0.15) is 29.2 Å². The summed E-state index contributed by atoms with van der Waals surface area (Å²) in [4.78, 5) is 20.0. The molecule has 1 aliphatic carbocycles. The van der Waals surface area contributed by atoms with Crippen LogP contribution >= 0.6 is 0 Å². The Morgan fingerprint density at radius 2 is 2.28 bits per heavy atom. The molecule has 1 aliphatic rings. The average molecular weight is 250 g/mol. The van der Waals surface area contributed by atoms with Gasteiger partial charge in [0, 0.05) is 24.9 Å². The summed E-state index contributed by atoms with van der Waals surface area (Å²) in [6.07, 6.45) is 2.66. The first-order valence-corrected chi connectivity index (χ1v) is 6.18. The molecule has 0 saturated heterocycles. The highest BCUT2D eigenvalue weighted by molar-refractivity contribution is 5.71. The molecule has 0 spiro atoms. The second-order valence-corrected chi connectivity index (χ2v) is 4.67. The van der Waals surface area contributed by atoms with Crippen molar-refractivity contribution in [2.75, 3.05) is 13.7 Å². The quantitative estimate of drug-likeness (QED) is 0.868. The number of carboxylic acids is 1. The van der Waals surface area contributed by atoms with Crippen LogP contribution in [0, 0.1) is 12.8 Å². The van der Waals surface area contributed by atoms with Crippen molar-refractivity contribution in [3.8, 4) is 0 Å². The number of nitrogens with zero attached hydrogens (tertiary/aromatic N) is 2. The van der Waals surface area contributed by atoms with Gasteiger partial charge in [-0.1, -0.05) is 0 Å². The second kappa shape index (κ2) is 5.44. The third kappa shape index (κ3) is 2.67. The molecule has 0 fully saturated rings. The zero-order chi connectivity index (χ0) is 13.1. The summed E-state index contributed by atoms with van der Waals surface area (Å²) in [5.74, 6) is -0.213. The number of carbonyl (C=O) groups is 1. The fourth-order valence-corrected chi connectivity index (χ4v) is 2.37. The molecule has 5 heteroatoms. The number of aromatic nitrogens is 2. The highest BCUT2D eigenvalue weighted by atomic mass is 16.5. The second-order valence-electron chi connectivity index (χ2n) is 4.67. The molecule has 1 aromatic rings. The summed E-state index contributed by atoms with van der Waals surface area (Å²) in [7, 11) is 1.66. The van der Waals surface area contributed by atoms with Gasteiger partial charge in [0.15, 0.2) is 0 Å². The molecule has 0 amide bonds. The highest BCUT2D eigenvalue weighted by Crippen LogP contribution is 2.26. The molecular weight excluding hydrogens is 232 g/mol. The number of fused-ring (bicyclic) bond motifs is 1. The first kappa shape index (κ1) is 13.0. The maximum atomic E-state index is 11.0. The summed E-state index contributed by atoms with van der Waals surface area (Å²) < 4.78 is 5.02. The Bertz CT molecular complexity index is 460. The van der Waals surface area contributed by atoms with Gasteiger partial charge in [0.1, 0.15) is 5.82 Å². The van der Waals surface area contributed by atoms with Gasteiger partial charge >= 0.3 is 5.97 Å². The molecule has 0 aromatic carbocycles. The molecule has 18 heavy (non-hydrogen) atoms. The van der Waals surface area contributed by atoms with E-state index in [0.717, 1.165) is 29.2 Å². The van der Waals surface area contributed by atoms with Crippen LogP contribution in [0.25, 0.3) is 0 Å². The van der Waals surface area contributed by atoms with Gasteiger partial charge in [-0.25, -0.2) is 9.97 Å². The minimum Gasteiger partial charge on any atom is -0.481 e. The van der Waals surface area contributed by atoms with Gasteiger partial charge in [-0.3, -0.25) is 4.79 Å². The minimum atomic E-state index is -0.719. The molecule has 0 bridgehead atoms. The van der Waals surface area contributed by atoms with Crippen LogP contribution in [0.3, 0.4) is 0 Å². The fraction of sp³-hybridized carbons (Fsp3) is 0.615. The lowest BCUT2D eigenvalue weighted by Crippen LogP contribution is -2.24. The van der Waals surface area contributed by atoms with Gasteiger partial charge in [0.2, 0.25) is 0 Å². The van der Waals surface area contributed by atoms with Crippen LogP contribution in [-0.2, 0) is 28.8 Å². The topological polar surface area (TPSA) is 72.3 Å². The van der Waals surface area contributed by atoms with Gasteiger partial charge < -0.3 is 9.84 Å². The summed E-state index contributed by atoms with van der Waals surface area (Å²) in [6, 6.07) is 0. The summed E-state index contributed by atoms with van der Waals surface area (Å²) in [5.41, 5.74) is 2.96. The van der Waals surface area contributed by atoms with E-state index in [-0.39, 0.29) is 5.92 Å². The molecule has 98 valence electrons. The van der Waals surface area contributed by atoms with E-state index >= 15 is 0 Å². The summed E-state index contributed by atoms with van der Waals surface area (Å²) in [5, 5.41) is 9.07. The van der Waals surface area contributed by atoms with E-state index in [9.17, 15) is 4.79 Å². The largest absolute Gasteiger partial charge is 0.481 e. The Morgan fingerprint density at radius 3 is 2.94 bits per heavy atom. The van der Waals surface area contributed by atoms with E-state index in [1.165, 1.54) is 0 Å². The smallest absolute Gasteiger partial charge is 0.306 e. The summed E-state index contributed by atoms with van der Waals surface area (Å²) in [6.45, 7) is 2.54. The molecule has 5 nitrogen and oxygen atoms in total. The predicted octanol–water partition coefficient (Wildman–Crippen LogP) is 1.16. The van der Waals surface area contributed by atoms with Crippen LogP contribution < -0.4 is 0 Å². The zero-order valence-corrected chi connectivity index (χ0v) is 10.8. The normalized spacial score (nSPS) is 18.4. The SMILES string of the molecule is COCCc1nc(C)c2c(n1)CCC(C(=O)O)C2. The molecule has 1 aromatic heterocycles. The number of carboxylic acid groups (broad SMARTS) is 1. The monoisotopic (exact) mass is 250 g/mol. The van der Waals surface area contributed by atoms with Crippen molar-refractivity contribution in [1.82, 2.24) is 9.97 Å². The van der Waals surface area contributed by atoms with E-state index in [1.807, 2.05) is 6.92 Å². The Kier molecular flexibility index (Phi) is 3.91. The third-order valence-electron chi connectivity index (χ3n) is 3.41. The summed E-state index contributed by atoms with van der Waals surface area (Å²) >= 11 is 0. The molecule has 1 unspecified atom stereocenters. The number of aliphatic carboxylic acids is 1. The van der Waals surface area contributed by atoms with Crippen LogP contribution in [0.5, 0.6) is 0 Å². The zero-order valence-electron chi connectivity index (χ0n) is 10.8. The van der Waals surface area contributed by atoms with Crippen molar-refractivity contribution in [2.24, 2.45) is 5.92 Å². The Labute approximate surface area is 106 Å². The number of aryl methyl sites for hydroxylation is 2. The van der Waals surface area contributed by atoms with Crippen molar-refractivity contribution in [1.29, 1.82) is 0 Å². The van der Waals surface area contributed by atoms with Crippen LogP contribution in [0.4, 0.5) is 0 Å². The van der Waals surface area contributed by atoms with E-state index in [2.05, 4.69) is 9.97 Å². The molecule has 1 atom stereocenters. The van der Waals surface area contributed by atoms with E-state index in [1.54, 1.807) is 7.11 Å². The van der Waals surface area contributed by atoms with Crippen LogP contribution in [-0.4, -0.2) is 34.8 Å². The molecule has 0 aliphatic heterocycles. The van der Waals surface area contributed by atoms with Gasteiger partial charge in [0.05, 0.1) is 12.5 Å². The van der Waals surface area contributed by atoms with Crippen molar-refractivity contribution >= 4 is 5.97 Å². The lowest BCUT2D eigenvalue weighted by Gasteiger charge is -2.22. The molecule has 1 N–H and O–H groups in total. The molecular formula is C13H18N2O3.